The van der Waals surface area contributed by atoms with Crippen LogP contribution < -0.4 is 10.1 Å². The van der Waals surface area contributed by atoms with Crippen molar-refractivity contribution >= 4 is 17.6 Å². The maximum atomic E-state index is 11.7. The summed E-state index contributed by atoms with van der Waals surface area (Å²) >= 11 is 0. The third-order valence-electron chi connectivity index (χ3n) is 2.64. The summed E-state index contributed by atoms with van der Waals surface area (Å²) < 4.78 is 6.71. The first-order valence-corrected chi connectivity index (χ1v) is 6.59. The number of nitrogens with zero attached hydrogens (tertiary/aromatic N) is 4. The van der Waals surface area contributed by atoms with Gasteiger partial charge in [0.2, 0.25) is 5.91 Å². The monoisotopic (exact) mass is 305 g/mol. The van der Waals surface area contributed by atoms with Gasteiger partial charge in [0.15, 0.2) is 0 Å². The van der Waals surface area contributed by atoms with Crippen molar-refractivity contribution < 1.29 is 19.4 Å². The second-order valence-corrected chi connectivity index (χ2v) is 4.43. The molecule has 0 saturated carbocycles. The Balaban J connectivity index is 1.76. The number of anilines is 1. The van der Waals surface area contributed by atoms with Gasteiger partial charge in [-0.25, -0.2) is 4.68 Å². The maximum Gasteiger partial charge on any atom is 0.303 e. The van der Waals surface area contributed by atoms with Crippen LogP contribution in [0.15, 0.2) is 30.6 Å². The number of ether oxygens (including phenoxy) is 1. The Bertz CT molecular complexity index is 612. The Kier molecular flexibility index (Phi) is 5.41. The van der Waals surface area contributed by atoms with Gasteiger partial charge in [0.05, 0.1) is 6.61 Å². The van der Waals surface area contributed by atoms with Crippen LogP contribution >= 0.6 is 0 Å². The van der Waals surface area contributed by atoms with Gasteiger partial charge in [-0.05, 0) is 41.1 Å². The summed E-state index contributed by atoms with van der Waals surface area (Å²) in [6.07, 6.45) is 1.87. The number of nitrogens with one attached hydrogen (secondary N) is 1. The predicted molar refractivity (Wildman–Crippen MR) is 75.3 cm³/mol. The fourth-order valence-electron chi connectivity index (χ4n) is 1.65. The first-order valence-electron chi connectivity index (χ1n) is 6.59. The molecule has 1 aromatic carbocycles. The molecule has 0 saturated heterocycles. The van der Waals surface area contributed by atoms with E-state index in [1.807, 2.05) is 0 Å². The summed E-state index contributed by atoms with van der Waals surface area (Å²) in [5.74, 6) is -0.476. The van der Waals surface area contributed by atoms with Crippen molar-refractivity contribution in [2.45, 2.75) is 19.4 Å². The van der Waals surface area contributed by atoms with Gasteiger partial charge in [0, 0.05) is 12.1 Å². The molecule has 9 heteroatoms. The number of aromatic nitrogens is 4. The average Bonchev–Trinajstić information content (AvgIpc) is 2.98. The lowest BCUT2D eigenvalue weighted by Gasteiger charge is -2.08. The van der Waals surface area contributed by atoms with E-state index in [-0.39, 0.29) is 18.9 Å². The number of rotatable bonds is 8. The summed E-state index contributed by atoms with van der Waals surface area (Å²) in [6, 6.07) is 6.80. The number of hydrogen-bond donors (Lipinski definition) is 2. The average molecular weight is 305 g/mol. The number of aliphatic carboxylic acids is 1. The Morgan fingerprint density at radius 3 is 2.68 bits per heavy atom. The van der Waals surface area contributed by atoms with Crippen LogP contribution in [-0.4, -0.2) is 43.8 Å². The fourth-order valence-corrected chi connectivity index (χ4v) is 1.65. The molecule has 0 unspecified atom stereocenters. The van der Waals surface area contributed by atoms with E-state index in [1.165, 1.54) is 11.0 Å². The SMILES string of the molecule is O=C(O)CCCOc1ccc(NC(=O)Cn2cnnn2)cc1. The van der Waals surface area contributed by atoms with Crippen molar-refractivity contribution in [2.24, 2.45) is 0 Å². The molecule has 0 fully saturated rings. The number of carboxylic acids is 1. The molecule has 0 bridgehead atoms. The number of carbonyl (C=O) groups is 2. The smallest absolute Gasteiger partial charge is 0.303 e. The highest BCUT2D eigenvalue weighted by Crippen LogP contribution is 2.16. The lowest BCUT2D eigenvalue weighted by atomic mass is 10.3. The van der Waals surface area contributed by atoms with E-state index >= 15 is 0 Å². The van der Waals surface area contributed by atoms with Crippen LogP contribution in [0.4, 0.5) is 5.69 Å². The van der Waals surface area contributed by atoms with E-state index in [0.717, 1.165) is 0 Å². The zero-order valence-corrected chi connectivity index (χ0v) is 11.7. The quantitative estimate of drug-likeness (QED) is 0.683. The van der Waals surface area contributed by atoms with Gasteiger partial charge < -0.3 is 15.2 Å². The van der Waals surface area contributed by atoms with E-state index in [1.54, 1.807) is 24.3 Å². The van der Waals surface area contributed by atoms with Crippen LogP contribution in [-0.2, 0) is 16.1 Å². The summed E-state index contributed by atoms with van der Waals surface area (Å²) in [6.45, 7) is 0.359. The van der Waals surface area contributed by atoms with Crippen molar-refractivity contribution in [3.63, 3.8) is 0 Å². The molecule has 0 aliphatic heterocycles. The molecule has 2 rings (SSSR count). The number of benzene rings is 1. The number of carboxylic acid groups (broad SMARTS) is 1. The fraction of sp³-hybridized carbons (Fsp3) is 0.308. The maximum absolute atomic E-state index is 11.7. The van der Waals surface area contributed by atoms with E-state index in [4.69, 9.17) is 9.84 Å². The number of carbonyl (C=O) groups excluding carboxylic acids is 1. The van der Waals surface area contributed by atoms with E-state index in [0.29, 0.717) is 24.5 Å². The molecule has 9 nitrogen and oxygen atoms in total. The number of hydrogen-bond acceptors (Lipinski definition) is 6. The molecule has 0 aliphatic rings. The number of tetrazole rings is 1. The predicted octanol–water partition coefficient (Wildman–Crippen LogP) is 0.555. The minimum absolute atomic E-state index is 0.0282. The molecular weight excluding hydrogens is 290 g/mol. The van der Waals surface area contributed by atoms with Crippen LogP contribution in [0.5, 0.6) is 5.75 Å². The Labute approximate surface area is 125 Å². The van der Waals surface area contributed by atoms with Crippen molar-refractivity contribution in [1.82, 2.24) is 20.2 Å². The molecule has 1 heterocycles. The summed E-state index contributed by atoms with van der Waals surface area (Å²) in [5, 5.41) is 21.7. The van der Waals surface area contributed by atoms with Gasteiger partial charge in [-0.1, -0.05) is 0 Å². The molecule has 116 valence electrons. The molecule has 0 atom stereocenters. The summed E-state index contributed by atoms with van der Waals surface area (Å²) in [5.41, 5.74) is 0.621. The highest BCUT2D eigenvalue weighted by atomic mass is 16.5. The Hall–Kier alpha value is -2.97. The van der Waals surface area contributed by atoms with Crippen molar-refractivity contribution in [3.8, 4) is 5.75 Å². The minimum atomic E-state index is -0.843. The van der Waals surface area contributed by atoms with Gasteiger partial charge in [-0.2, -0.15) is 0 Å². The van der Waals surface area contributed by atoms with Crippen molar-refractivity contribution in [3.05, 3.63) is 30.6 Å². The van der Waals surface area contributed by atoms with Crippen molar-refractivity contribution in [2.75, 3.05) is 11.9 Å². The molecule has 2 aromatic rings. The van der Waals surface area contributed by atoms with Gasteiger partial charge in [0.25, 0.3) is 0 Å². The van der Waals surface area contributed by atoms with Gasteiger partial charge >= 0.3 is 5.97 Å². The second kappa shape index (κ2) is 7.72. The zero-order chi connectivity index (χ0) is 15.8. The molecule has 22 heavy (non-hydrogen) atoms. The van der Waals surface area contributed by atoms with Crippen LogP contribution in [0.3, 0.4) is 0 Å². The van der Waals surface area contributed by atoms with Crippen molar-refractivity contribution in [1.29, 1.82) is 0 Å². The summed E-state index contributed by atoms with van der Waals surface area (Å²) in [7, 11) is 0. The highest BCUT2D eigenvalue weighted by molar-refractivity contribution is 5.90. The standard InChI is InChI=1S/C13H15N5O4/c19-12(8-18-9-14-16-17-18)15-10-3-5-11(6-4-10)22-7-1-2-13(20)21/h3-6,9H,1-2,7-8H2,(H,15,19)(H,20,21). The first-order chi connectivity index (χ1) is 10.6. The molecule has 0 radical (unpaired) electrons. The molecule has 0 aliphatic carbocycles. The van der Waals surface area contributed by atoms with Gasteiger partial charge in [-0.15, -0.1) is 5.10 Å². The van der Waals surface area contributed by atoms with Gasteiger partial charge in [0.1, 0.15) is 18.6 Å². The molecular formula is C13H15N5O4. The minimum Gasteiger partial charge on any atom is -0.494 e. The summed E-state index contributed by atoms with van der Waals surface area (Å²) in [4.78, 5) is 22.1. The number of amides is 1. The zero-order valence-electron chi connectivity index (χ0n) is 11.7. The van der Waals surface area contributed by atoms with Crippen LogP contribution in [0.1, 0.15) is 12.8 Å². The second-order valence-electron chi connectivity index (χ2n) is 4.43. The largest absolute Gasteiger partial charge is 0.494 e. The lowest BCUT2D eigenvalue weighted by molar-refractivity contribution is -0.137. The molecule has 2 N–H and O–H groups in total. The normalized spacial score (nSPS) is 10.2. The molecule has 0 spiro atoms. The van der Waals surface area contributed by atoms with E-state index in [2.05, 4.69) is 20.8 Å². The Morgan fingerprint density at radius 1 is 1.27 bits per heavy atom. The van der Waals surface area contributed by atoms with E-state index in [9.17, 15) is 9.59 Å². The lowest BCUT2D eigenvalue weighted by Crippen LogP contribution is -2.19. The molecule has 1 aromatic heterocycles. The first kappa shape index (κ1) is 15.4. The topological polar surface area (TPSA) is 119 Å². The Morgan fingerprint density at radius 2 is 2.05 bits per heavy atom. The van der Waals surface area contributed by atoms with Crippen LogP contribution in [0.25, 0.3) is 0 Å². The third-order valence-corrected chi connectivity index (χ3v) is 2.64. The van der Waals surface area contributed by atoms with E-state index < -0.39 is 5.97 Å². The molecule has 1 amide bonds. The highest BCUT2D eigenvalue weighted by Gasteiger charge is 2.05. The van der Waals surface area contributed by atoms with Gasteiger partial charge in [-0.3, -0.25) is 9.59 Å². The van der Waals surface area contributed by atoms with Crippen LogP contribution in [0.2, 0.25) is 0 Å². The van der Waals surface area contributed by atoms with Crippen LogP contribution in [0, 0.1) is 0 Å². The third kappa shape index (κ3) is 5.19.